The van der Waals surface area contributed by atoms with Crippen LogP contribution in [0.2, 0.25) is 0 Å². The van der Waals surface area contributed by atoms with Crippen LogP contribution in [0.1, 0.15) is 16.7 Å². The number of benzene rings is 2. The maximum Gasteiger partial charge on any atom is 0.118 e. The summed E-state index contributed by atoms with van der Waals surface area (Å²) < 4.78 is 10.7. The van der Waals surface area contributed by atoms with E-state index in [0.717, 1.165) is 22.4 Å². The van der Waals surface area contributed by atoms with E-state index in [9.17, 15) is 5.26 Å². The van der Waals surface area contributed by atoms with E-state index in [1.54, 1.807) is 7.11 Å². The van der Waals surface area contributed by atoms with Crippen molar-refractivity contribution in [1.29, 1.82) is 5.26 Å². The number of methoxy groups -OCH3 is 1. The van der Waals surface area contributed by atoms with Gasteiger partial charge in [-0.1, -0.05) is 18.2 Å². The Balaban J connectivity index is 2.18. The van der Waals surface area contributed by atoms with Crippen LogP contribution in [0.5, 0.6) is 5.75 Å². The van der Waals surface area contributed by atoms with Crippen molar-refractivity contribution in [2.75, 3.05) is 7.11 Å². The van der Waals surface area contributed by atoms with E-state index in [0.29, 0.717) is 18.8 Å². The summed E-state index contributed by atoms with van der Waals surface area (Å²) in [5.41, 5.74) is 5.00. The Morgan fingerprint density at radius 2 is 1.89 bits per heavy atom. The fourth-order valence-corrected chi connectivity index (χ4v) is 2.43. The molecule has 0 saturated carbocycles. The summed E-state index contributed by atoms with van der Waals surface area (Å²) in [7, 11) is 1.64. The molecule has 94 valence electrons. The molecule has 2 aromatic carbocycles. The van der Waals surface area contributed by atoms with Crippen LogP contribution in [0, 0.1) is 11.3 Å². The third-order valence-corrected chi connectivity index (χ3v) is 3.41. The van der Waals surface area contributed by atoms with Crippen LogP contribution >= 0.6 is 0 Å². The van der Waals surface area contributed by atoms with Crippen LogP contribution in [0.3, 0.4) is 0 Å². The van der Waals surface area contributed by atoms with Gasteiger partial charge in [-0.05, 0) is 34.9 Å². The molecule has 0 saturated heterocycles. The molecule has 1 aliphatic heterocycles. The minimum atomic E-state index is 0.576. The minimum Gasteiger partial charge on any atom is -0.497 e. The summed E-state index contributed by atoms with van der Waals surface area (Å²) in [6.45, 7) is 1.20. The van der Waals surface area contributed by atoms with E-state index in [-0.39, 0.29) is 0 Å². The number of rotatable bonds is 2. The largest absolute Gasteiger partial charge is 0.497 e. The maximum absolute atomic E-state index is 9.30. The number of nitrogens with zero attached hydrogens (tertiary/aromatic N) is 1. The van der Waals surface area contributed by atoms with Crippen LogP contribution in [-0.4, -0.2) is 7.11 Å². The van der Waals surface area contributed by atoms with Crippen molar-refractivity contribution in [2.45, 2.75) is 13.2 Å². The number of hydrogen-bond donors (Lipinski definition) is 0. The van der Waals surface area contributed by atoms with Gasteiger partial charge in [0, 0.05) is 5.56 Å². The third kappa shape index (κ3) is 1.96. The Bertz CT molecular complexity index is 654. The van der Waals surface area contributed by atoms with E-state index in [1.807, 2.05) is 36.4 Å². The quantitative estimate of drug-likeness (QED) is 0.822. The summed E-state index contributed by atoms with van der Waals surface area (Å²) in [6.07, 6.45) is 0. The van der Waals surface area contributed by atoms with Gasteiger partial charge in [-0.15, -0.1) is 0 Å². The highest BCUT2D eigenvalue weighted by Crippen LogP contribution is 2.34. The molecule has 0 spiro atoms. The Kier molecular flexibility index (Phi) is 2.94. The predicted octanol–water partition coefficient (Wildman–Crippen LogP) is 3.26. The van der Waals surface area contributed by atoms with Gasteiger partial charge in [0.25, 0.3) is 0 Å². The smallest absolute Gasteiger partial charge is 0.118 e. The fourth-order valence-electron chi connectivity index (χ4n) is 2.43. The molecule has 0 unspecified atom stereocenters. The highest BCUT2D eigenvalue weighted by atomic mass is 16.5. The summed E-state index contributed by atoms with van der Waals surface area (Å²) in [5.74, 6) is 0.811. The molecule has 19 heavy (non-hydrogen) atoms. The molecule has 3 heteroatoms. The monoisotopic (exact) mass is 251 g/mol. The van der Waals surface area contributed by atoms with E-state index in [1.165, 1.54) is 5.56 Å². The lowest BCUT2D eigenvalue weighted by Gasteiger charge is -2.10. The van der Waals surface area contributed by atoms with Gasteiger partial charge < -0.3 is 9.47 Å². The van der Waals surface area contributed by atoms with Gasteiger partial charge in [0.2, 0.25) is 0 Å². The van der Waals surface area contributed by atoms with Gasteiger partial charge >= 0.3 is 0 Å². The molecule has 0 radical (unpaired) electrons. The molecule has 0 aliphatic carbocycles. The molecule has 1 aliphatic rings. The Labute approximate surface area is 112 Å². The number of ether oxygens (including phenoxy) is 2. The Morgan fingerprint density at radius 3 is 2.58 bits per heavy atom. The van der Waals surface area contributed by atoms with Crippen molar-refractivity contribution < 1.29 is 9.47 Å². The second-order valence-electron chi connectivity index (χ2n) is 4.46. The minimum absolute atomic E-state index is 0.576. The van der Waals surface area contributed by atoms with Crippen LogP contribution < -0.4 is 4.74 Å². The first kappa shape index (κ1) is 11.8. The SMILES string of the molecule is COc1ccc(-c2c(C#N)ccc3c2COC3)cc1. The lowest BCUT2D eigenvalue weighted by atomic mass is 9.92. The van der Waals surface area contributed by atoms with Gasteiger partial charge in [-0.25, -0.2) is 0 Å². The summed E-state index contributed by atoms with van der Waals surface area (Å²) in [5, 5.41) is 9.30. The van der Waals surface area contributed by atoms with Crippen LogP contribution in [0.15, 0.2) is 36.4 Å². The molecule has 0 atom stereocenters. The molecular weight excluding hydrogens is 238 g/mol. The van der Waals surface area contributed by atoms with Gasteiger partial charge in [-0.3, -0.25) is 0 Å². The van der Waals surface area contributed by atoms with Crippen molar-refractivity contribution in [3.63, 3.8) is 0 Å². The highest BCUT2D eigenvalue weighted by Gasteiger charge is 2.19. The summed E-state index contributed by atoms with van der Waals surface area (Å²) in [6, 6.07) is 13.9. The molecule has 0 bridgehead atoms. The molecule has 3 nitrogen and oxygen atoms in total. The predicted molar refractivity (Wildman–Crippen MR) is 71.6 cm³/mol. The van der Waals surface area contributed by atoms with E-state index < -0.39 is 0 Å². The lowest BCUT2D eigenvalue weighted by molar-refractivity contribution is 0.134. The lowest BCUT2D eigenvalue weighted by Crippen LogP contribution is -1.93. The summed E-state index contributed by atoms with van der Waals surface area (Å²) >= 11 is 0. The fraction of sp³-hybridized carbons (Fsp3) is 0.188. The molecule has 1 heterocycles. The van der Waals surface area contributed by atoms with E-state index in [4.69, 9.17) is 9.47 Å². The van der Waals surface area contributed by atoms with Crippen molar-refractivity contribution in [2.24, 2.45) is 0 Å². The van der Waals surface area contributed by atoms with E-state index in [2.05, 4.69) is 6.07 Å². The van der Waals surface area contributed by atoms with Gasteiger partial charge in [0.05, 0.1) is 32.0 Å². The van der Waals surface area contributed by atoms with Crippen molar-refractivity contribution in [1.82, 2.24) is 0 Å². The first-order chi connectivity index (χ1) is 9.33. The molecule has 0 aromatic heterocycles. The molecule has 3 rings (SSSR count). The number of nitriles is 1. The van der Waals surface area contributed by atoms with Crippen LogP contribution in [0.25, 0.3) is 11.1 Å². The van der Waals surface area contributed by atoms with Crippen LogP contribution in [-0.2, 0) is 18.0 Å². The van der Waals surface area contributed by atoms with Crippen molar-refractivity contribution in [3.05, 3.63) is 53.1 Å². The van der Waals surface area contributed by atoms with Crippen molar-refractivity contribution >= 4 is 0 Å². The Hall–Kier alpha value is -2.31. The second-order valence-corrected chi connectivity index (χ2v) is 4.46. The topological polar surface area (TPSA) is 42.2 Å². The summed E-state index contributed by atoms with van der Waals surface area (Å²) in [4.78, 5) is 0. The zero-order chi connectivity index (χ0) is 13.2. The number of hydrogen-bond acceptors (Lipinski definition) is 3. The first-order valence-electron chi connectivity index (χ1n) is 6.10. The van der Waals surface area contributed by atoms with E-state index >= 15 is 0 Å². The third-order valence-electron chi connectivity index (χ3n) is 3.41. The molecule has 0 fully saturated rings. The molecule has 0 N–H and O–H groups in total. The maximum atomic E-state index is 9.30. The molecule has 0 amide bonds. The van der Waals surface area contributed by atoms with Gasteiger partial charge in [-0.2, -0.15) is 5.26 Å². The first-order valence-corrected chi connectivity index (χ1v) is 6.10. The van der Waals surface area contributed by atoms with Gasteiger partial charge in [0.1, 0.15) is 5.75 Å². The normalized spacial score (nSPS) is 12.8. The number of fused-ring (bicyclic) bond motifs is 1. The van der Waals surface area contributed by atoms with Gasteiger partial charge in [0.15, 0.2) is 0 Å². The molecular formula is C16H13NO2. The standard InChI is InChI=1S/C16H13NO2/c1-18-14-6-4-11(5-7-14)16-12(8-17)2-3-13-9-19-10-15(13)16/h2-7H,9-10H2,1H3. The average Bonchev–Trinajstić information content (AvgIpc) is 2.94. The van der Waals surface area contributed by atoms with Crippen LogP contribution in [0.4, 0.5) is 0 Å². The zero-order valence-corrected chi connectivity index (χ0v) is 10.6. The Morgan fingerprint density at radius 1 is 1.11 bits per heavy atom. The average molecular weight is 251 g/mol. The second kappa shape index (κ2) is 4.75. The highest BCUT2D eigenvalue weighted by molar-refractivity contribution is 5.75. The molecule has 2 aromatic rings. The van der Waals surface area contributed by atoms with Crippen molar-refractivity contribution in [3.8, 4) is 22.9 Å². The zero-order valence-electron chi connectivity index (χ0n) is 10.6.